The Morgan fingerprint density at radius 1 is 1.10 bits per heavy atom. The lowest BCUT2D eigenvalue weighted by Gasteiger charge is -2.34. The number of carbonyl (C=O) groups excluding carboxylic acids is 1. The van der Waals surface area contributed by atoms with E-state index in [0.29, 0.717) is 18.7 Å². The number of ether oxygens (including phenoxy) is 2. The third-order valence-corrected chi connectivity index (χ3v) is 6.41. The van der Waals surface area contributed by atoms with Crippen LogP contribution >= 0.6 is 0 Å². The molecule has 2 atom stereocenters. The van der Waals surface area contributed by atoms with Crippen molar-refractivity contribution in [1.29, 1.82) is 5.26 Å². The fourth-order valence-corrected chi connectivity index (χ4v) is 4.74. The van der Waals surface area contributed by atoms with Gasteiger partial charge in [-0.3, -0.25) is 0 Å². The molecule has 0 bridgehead atoms. The van der Waals surface area contributed by atoms with Crippen molar-refractivity contribution in [2.75, 3.05) is 13.1 Å². The Morgan fingerprint density at radius 2 is 1.69 bits per heavy atom. The van der Waals surface area contributed by atoms with E-state index in [-0.39, 0.29) is 29.3 Å². The van der Waals surface area contributed by atoms with E-state index in [1.807, 2.05) is 19.9 Å². The van der Waals surface area contributed by atoms with E-state index in [9.17, 15) is 13.2 Å². The summed E-state index contributed by atoms with van der Waals surface area (Å²) < 4.78 is 38.0. The SMILES string of the molecule is C[C@@H]1CN(S(=O)(=O)c2ccc(C(=O)OCc3ccc(C#N)cc3)cc2)C[C@@H](C)O1. The third kappa shape index (κ3) is 5.01. The molecule has 1 saturated heterocycles. The lowest BCUT2D eigenvalue weighted by Crippen LogP contribution is -2.48. The highest BCUT2D eigenvalue weighted by Gasteiger charge is 2.32. The van der Waals surface area contributed by atoms with E-state index in [0.717, 1.165) is 5.56 Å². The Hall–Kier alpha value is -2.73. The smallest absolute Gasteiger partial charge is 0.338 e. The average Bonchev–Trinajstić information content (AvgIpc) is 2.71. The van der Waals surface area contributed by atoms with Gasteiger partial charge < -0.3 is 9.47 Å². The molecular formula is C21H22N2O5S. The first-order valence-corrected chi connectivity index (χ1v) is 10.7. The van der Waals surface area contributed by atoms with Gasteiger partial charge in [-0.25, -0.2) is 13.2 Å². The van der Waals surface area contributed by atoms with Crippen LogP contribution in [0.1, 0.15) is 35.3 Å². The monoisotopic (exact) mass is 414 g/mol. The van der Waals surface area contributed by atoms with Crippen LogP contribution in [0.4, 0.5) is 0 Å². The summed E-state index contributed by atoms with van der Waals surface area (Å²) in [5.74, 6) is -0.549. The first-order valence-electron chi connectivity index (χ1n) is 9.21. The minimum Gasteiger partial charge on any atom is -0.457 e. The van der Waals surface area contributed by atoms with Crippen LogP contribution < -0.4 is 0 Å². The topological polar surface area (TPSA) is 96.7 Å². The molecule has 3 rings (SSSR count). The number of morpholine rings is 1. The summed E-state index contributed by atoms with van der Waals surface area (Å²) in [6.45, 7) is 4.33. The van der Waals surface area contributed by atoms with Gasteiger partial charge in [-0.05, 0) is 55.8 Å². The average molecular weight is 414 g/mol. The predicted octanol–water partition coefficient (Wildman–Crippen LogP) is 2.71. The first kappa shape index (κ1) is 21.0. The Bertz CT molecular complexity index is 1000. The molecule has 1 fully saturated rings. The molecule has 0 N–H and O–H groups in total. The van der Waals surface area contributed by atoms with Crippen LogP contribution in [0.3, 0.4) is 0 Å². The van der Waals surface area contributed by atoms with Gasteiger partial charge in [-0.1, -0.05) is 12.1 Å². The number of nitrogens with zero attached hydrogens (tertiary/aromatic N) is 2. The molecule has 0 aliphatic carbocycles. The van der Waals surface area contributed by atoms with Gasteiger partial charge in [0.1, 0.15) is 6.61 Å². The van der Waals surface area contributed by atoms with Gasteiger partial charge in [-0.2, -0.15) is 9.57 Å². The van der Waals surface area contributed by atoms with Crippen LogP contribution in [0.2, 0.25) is 0 Å². The van der Waals surface area contributed by atoms with Crippen molar-refractivity contribution in [1.82, 2.24) is 4.31 Å². The third-order valence-electron chi connectivity index (χ3n) is 4.57. The van der Waals surface area contributed by atoms with Gasteiger partial charge >= 0.3 is 5.97 Å². The molecule has 2 aromatic carbocycles. The summed E-state index contributed by atoms with van der Waals surface area (Å²) in [6, 6.07) is 14.5. The van der Waals surface area contributed by atoms with E-state index in [4.69, 9.17) is 14.7 Å². The Labute approximate surface area is 170 Å². The molecule has 0 aromatic heterocycles. The zero-order valence-electron chi connectivity index (χ0n) is 16.2. The summed E-state index contributed by atoms with van der Waals surface area (Å²) >= 11 is 0. The quantitative estimate of drug-likeness (QED) is 0.698. The van der Waals surface area contributed by atoms with Crippen LogP contribution in [-0.4, -0.2) is 44.0 Å². The van der Waals surface area contributed by atoms with E-state index >= 15 is 0 Å². The minimum absolute atomic E-state index is 0.0636. The van der Waals surface area contributed by atoms with Crippen LogP contribution in [0, 0.1) is 11.3 Å². The number of nitriles is 1. The van der Waals surface area contributed by atoms with Crippen LogP contribution in [0.25, 0.3) is 0 Å². The van der Waals surface area contributed by atoms with Gasteiger partial charge in [0.15, 0.2) is 0 Å². The molecule has 152 valence electrons. The van der Waals surface area contributed by atoms with Gasteiger partial charge in [0.05, 0.1) is 34.3 Å². The predicted molar refractivity (Wildman–Crippen MR) is 105 cm³/mol. The molecule has 1 heterocycles. The molecule has 7 nitrogen and oxygen atoms in total. The van der Waals surface area contributed by atoms with Crippen molar-refractivity contribution in [3.8, 4) is 6.07 Å². The van der Waals surface area contributed by atoms with E-state index in [2.05, 4.69) is 0 Å². The van der Waals surface area contributed by atoms with Gasteiger partial charge in [0.2, 0.25) is 10.0 Å². The van der Waals surface area contributed by atoms with E-state index < -0.39 is 16.0 Å². The number of benzene rings is 2. The van der Waals surface area contributed by atoms with Crippen molar-refractivity contribution < 1.29 is 22.7 Å². The molecule has 1 aliphatic heterocycles. The van der Waals surface area contributed by atoms with E-state index in [1.165, 1.54) is 28.6 Å². The van der Waals surface area contributed by atoms with Crippen molar-refractivity contribution in [3.63, 3.8) is 0 Å². The fraction of sp³-hybridized carbons (Fsp3) is 0.333. The maximum atomic E-state index is 12.9. The van der Waals surface area contributed by atoms with Crippen molar-refractivity contribution in [3.05, 3.63) is 65.2 Å². The van der Waals surface area contributed by atoms with Crippen LogP contribution in [-0.2, 0) is 26.1 Å². The number of hydrogen-bond donors (Lipinski definition) is 0. The molecule has 0 radical (unpaired) electrons. The highest BCUT2D eigenvalue weighted by Crippen LogP contribution is 2.21. The normalized spacial score (nSPS) is 20.0. The van der Waals surface area contributed by atoms with Crippen molar-refractivity contribution >= 4 is 16.0 Å². The summed E-state index contributed by atoms with van der Waals surface area (Å²) in [6.07, 6.45) is -0.352. The second kappa shape index (κ2) is 8.74. The molecule has 0 unspecified atom stereocenters. The number of hydrogen-bond acceptors (Lipinski definition) is 6. The zero-order chi connectivity index (χ0) is 21.0. The van der Waals surface area contributed by atoms with Gasteiger partial charge in [0.25, 0.3) is 0 Å². The Kier molecular flexibility index (Phi) is 6.33. The van der Waals surface area contributed by atoms with Gasteiger partial charge in [-0.15, -0.1) is 0 Å². The van der Waals surface area contributed by atoms with Crippen LogP contribution in [0.5, 0.6) is 0 Å². The molecular weight excluding hydrogens is 392 g/mol. The first-order chi connectivity index (χ1) is 13.8. The summed E-state index contributed by atoms with van der Waals surface area (Å²) in [5.41, 5.74) is 1.55. The lowest BCUT2D eigenvalue weighted by atomic mass is 10.1. The molecule has 1 aliphatic rings. The highest BCUT2D eigenvalue weighted by molar-refractivity contribution is 7.89. The Balaban J connectivity index is 1.65. The fourth-order valence-electron chi connectivity index (χ4n) is 3.15. The molecule has 0 amide bonds. The standard InChI is InChI=1S/C21H22N2O5S/c1-15-12-23(13-16(2)28-15)29(25,26)20-9-7-19(8-10-20)21(24)27-14-18-5-3-17(11-22)4-6-18/h3-10,15-16H,12-14H2,1-2H3/t15-,16-/m1/s1. The van der Waals surface area contributed by atoms with Gasteiger partial charge in [0, 0.05) is 13.1 Å². The second-order valence-electron chi connectivity index (χ2n) is 6.99. The molecule has 8 heteroatoms. The summed E-state index contributed by atoms with van der Waals surface area (Å²) in [7, 11) is -3.66. The number of carbonyl (C=O) groups is 1. The highest BCUT2D eigenvalue weighted by atomic mass is 32.2. The lowest BCUT2D eigenvalue weighted by molar-refractivity contribution is -0.0440. The summed E-state index contributed by atoms with van der Waals surface area (Å²) in [5, 5.41) is 8.80. The largest absolute Gasteiger partial charge is 0.457 e. The van der Waals surface area contributed by atoms with Crippen LogP contribution in [0.15, 0.2) is 53.4 Å². The van der Waals surface area contributed by atoms with Crippen molar-refractivity contribution in [2.24, 2.45) is 0 Å². The maximum absolute atomic E-state index is 12.9. The second-order valence-corrected chi connectivity index (χ2v) is 8.93. The number of rotatable bonds is 5. The molecule has 0 saturated carbocycles. The van der Waals surface area contributed by atoms with Crippen molar-refractivity contribution in [2.45, 2.75) is 37.6 Å². The number of esters is 1. The number of sulfonamides is 1. The Morgan fingerprint density at radius 3 is 2.24 bits per heavy atom. The molecule has 0 spiro atoms. The minimum atomic E-state index is -3.66. The summed E-state index contributed by atoms with van der Waals surface area (Å²) in [4.78, 5) is 12.4. The maximum Gasteiger partial charge on any atom is 0.338 e. The molecule has 2 aromatic rings. The molecule has 29 heavy (non-hydrogen) atoms. The van der Waals surface area contributed by atoms with E-state index in [1.54, 1.807) is 24.3 Å². The zero-order valence-corrected chi connectivity index (χ0v) is 17.1.